The van der Waals surface area contributed by atoms with Gasteiger partial charge in [-0.2, -0.15) is 0 Å². The molecule has 1 aliphatic carbocycles. The summed E-state index contributed by atoms with van der Waals surface area (Å²) in [4.78, 5) is 64.8. The molecule has 2 rings (SSSR count). The van der Waals surface area contributed by atoms with Crippen LogP contribution in [0.3, 0.4) is 0 Å². The first-order chi connectivity index (χ1) is 18.4. The van der Waals surface area contributed by atoms with Gasteiger partial charge in [0.25, 0.3) is 0 Å². The molecule has 1 aromatic carbocycles. The van der Waals surface area contributed by atoms with Crippen molar-refractivity contribution in [2.75, 3.05) is 13.2 Å². The van der Waals surface area contributed by atoms with E-state index in [9.17, 15) is 24.0 Å². The summed E-state index contributed by atoms with van der Waals surface area (Å²) in [5.74, 6) is 0.336. The summed E-state index contributed by atoms with van der Waals surface area (Å²) in [6.07, 6.45) is 5.65. The topological polar surface area (TPSA) is 157 Å². The van der Waals surface area contributed by atoms with Gasteiger partial charge in [0.05, 0.1) is 13.0 Å². The molecular weight excluding hydrogens is 504 g/mol. The molecule has 4 N–H and O–H groups in total. The van der Waals surface area contributed by atoms with Crippen LogP contribution < -0.4 is 16.4 Å². The molecule has 1 fully saturated rings. The van der Waals surface area contributed by atoms with Crippen LogP contribution in [0, 0.1) is 12.3 Å². The lowest BCUT2D eigenvalue weighted by Crippen LogP contribution is -2.54. The second kappa shape index (κ2) is 14.2. The molecule has 0 bridgehead atoms. The maximum Gasteiger partial charge on any atom is 0.408 e. The van der Waals surface area contributed by atoms with Gasteiger partial charge in [0.1, 0.15) is 17.7 Å². The highest BCUT2D eigenvalue weighted by molar-refractivity contribution is 5.93. The third kappa shape index (κ3) is 10.3. The van der Waals surface area contributed by atoms with Crippen molar-refractivity contribution in [3.05, 3.63) is 35.4 Å². The Morgan fingerprint density at radius 1 is 1.13 bits per heavy atom. The lowest BCUT2D eigenvalue weighted by molar-refractivity contribution is -0.145. The van der Waals surface area contributed by atoms with Gasteiger partial charge in [-0.1, -0.05) is 18.1 Å². The molecule has 1 saturated carbocycles. The monoisotopic (exact) mass is 542 g/mol. The Balaban J connectivity index is 2.40. The van der Waals surface area contributed by atoms with E-state index in [1.807, 2.05) is 0 Å². The minimum Gasteiger partial charge on any atom is -0.466 e. The Bertz CT molecular complexity index is 1080. The number of primary amides is 1. The van der Waals surface area contributed by atoms with Gasteiger partial charge < -0.3 is 30.7 Å². The maximum absolute atomic E-state index is 14.0. The number of nitrogens with zero attached hydrogens (tertiary/aromatic N) is 1. The first-order valence-electron chi connectivity index (χ1n) is 13.0. The molecule has 4 amide bonds. The summed E-state index contributed by atoms with van der Waals surface area (Å²) in [5.41, 5.74) is 5.59. The Labute approximate surface area is 229 Å². The summed E-state index contributed by atoms with van der Waals surface area (Å²) in [7, 11) is 0. The van der Waals surface area contributed by atoms with Gasteiger partial charge in [-0.25, -0.2) is 4.79 Å². The van der Waals surface area contributed by atoms with Crippen LogP contribution in [0.2, 0.25) is 0 Å². The number of rotatable bonds is 13. The molecule has 1 aliphatic rings. The molecule has 0 saturated heterocycles. The molecule has 11 heteroatoms. The Kier molecular flexibility index (Phi) is 11.3. The van der Waals surface area contributed by atoms with Crippen molar-refractivity contribution in [2.45, 2.75) is 83.5 Å². The summed E-state index contributed by atoms with van der Waals surface area (Å²) in [6, 6.07) is 4.10. The zero-order chi connectivity index (χ0) is 29.2. The molecule has 2 atom stereocenters. The van der Waals surface area contributed by atoms with E-state index in [1.54, 1.807) is 52.0 Å². The maximum atomic E-state index is 14.0. The SMILES string of the molecule is C#Cc1ccc(C(C(=O)NCCC(=O)OCC)N(C(=O)C(CCC(N)=O)NC(=O)OC(C)(C)C)C2CC2)cc1. The summed E-state index contributed by atoms with van der Waals surface area (Å²) in [6.45, 7) is 6.95. The van der Waals surface area contributed by atoms with Crippen LogP contribution in [0.5, 0.6) is 0 Å². The number of esters is 1. The third-order valence-corrected chi connectivity index (χ3v) is 5.72. The van der Waals surface area contributed by atoms with Crippen molar-refractivity contribution in [2.24, 2.45) is 5.73 Å². The van der Waals surface area contributed by atoms with Crippen molar-refractivity contribution in [1.82, 2.24) is 15.5 Å². The summed E-state index contributed by atoms with van der Waals surface area (Å²) >= 11 is 0. The van der Waals surface area contributed by atoms with Crippen LogP contribution in [0.1, 0.15) is 77.0 Å². The molecule has 11 nitrogen and oxygen atoms in total. The third-order valence-electron chi connectivity index (χ3n) is 5.72. The molecule has 212 valence electrons. The van der Waals surface area contributed by atoms with Crippen LogP contribution in [-0.2, 0) is 28.7 Å². The Hall–Kier alpha value is -4.07. The van der Waals surface area contributed by atoms with E-state index in [1.165, 1.54) is 4.90 Å². The van der Waals surface area contributed by atoms with Crippen molar-refractivity contribution in [3.8, 4) is 12.3 Å². The zero-order valence-electron chi connectivity index (χ0n) is 23.0. The number of nitrogens with one attached hydrogen (secondary N) is 2. The zero-order valence-corrected chi connectivity index (χ0v) is 23.0. The fourth-order valence-corrected chi connectivity index (χ4v) is 3.86. The van der Waals surface area contributed by atoms with Crippen molar-refractivity contribution in [3.63, 3.8) is 0 Å². The van der Waals surface area contributed by atoms with Crippen molar-refractivity contribution >= 4 is 29.8 Å². The number of benzene rings is 1. The molecule has 0 aromatic heterocycles. The first kappa shape index (κ1) is 31.1. The standard InChI is InChI=1S/C28H38N4O7/c1-6-18-8-10-19(11-9-18)24(25(35)30-17-16-23(34)38-7-2)32(20-12-13-20)26(36)21(14-15-22(29)33)31-27(37)39-28(3,4)5/h1,8-11,20-21,24H,7,12-17H2,2-5H3,(H2,29,33)(H,30,35)(H,31,37). The highest BCUT2D eigenvalue weighted by Crippen LogP contribution is 2.36. The van der Waals surface area contributed by atoms with E-state index < -0.39 is 47.5 Å². The van der Waals surface area contributed by atoms with E-state index in [0.717, 1.165) is 0 Å². The Morgan fingerprint density at radius 3 is 2.28 bits per heavy atom. The molecule has 0 aliphatic heterocycles. The number of amides is 4. The predicted molar refractivity (Wildman–Crippen MR) is 143 cm³/mol. The quantitative estimate of drug-likeness (QED) is 0.254. The first-order valence-corrected chi connectivity index (χ1v) is 13.0. The predicted octanol–water partition coefficient (Wildman–Crippen LogP) is 1.93. The average Bonchev–Trinajstić information content (AvgIpc) is 3.68. The van der Waals surface area contributed by atoms with Gasteiger partial charge >= 0.3 is 12.1 Å². The number of alkyl carbamates (subject to hydrolysis) is 1. The summed E-state index contributed by atoms with van der Waals surface area (Å²) < 4.78 is 10.2. The number of nitrogens with two attached hydrogens (primary N) is 1. The second-order valence-corrected chi connectivity index (χ2v) is 10.2. The average molecular weight is 543 g/mol. The minimum atomic E-state index is -1.17. The number of hydrogen-bond donors (Lipinski definition) is 3. The molecule has 0 heterocycles. The largest absolute Gasteiger partial charge is 0.466 e. The number of carbonyl (C=O) groups excluding carboxylic acids is 5. The highest BCUT2D eigenvalue weighted by atomic mass is 16.6. The summed E-state index contributed by atoms with van der Waals surface area (Å²) in [5, 5.41) is 5.27. The fourth-order valence-electron chi connectivity index (χ4n) is 3.86. The number of hydrogen-bond acceptors (Lipinski definition) is 7. The van der Waals surface area contributed by atoms with E-state index in [-0.39, 0.29) is 38.5 Å². The molecule has 0 spiro atoms. The molecule has 2 unspecified atom stereocenters. The van der Waals surface area contributed by atoms with Crippen LogP contribution in [0.25, 0.3) is 0 Å². The Morgan fingerprint density at radius 2 is 1.77 bits per heavy atom. The fraction of sp³-hybridized carbons (Fsp3) is 0.536. The van der Waals surface area contributed by atoms with Gasteiger partial charge in [-0.3, -0.25) is 19.2 Å². The van der Waals surface area contributed by atoms with Crippen LogP contribution in [-0.4, -0.2) is 65.5 Å². The van der Waals surface area contributed by atoms with E-state index >= 15 is 0 Å². The lowest BCUT2D eigenvalue weighted by atomic mass is 10.00. The van der Waals surface area contributed by atoms with Crippen LogP contribution in [0.15, 0.2) is 24.3 Å². The molecule has 0 radical (unpaired) electrons. The van der Waals surface area contributed by atoms with Crippen LogP contribution >= 0.6 is 0 Å². The smallest absolute Gasteiger partial charge is 0.408 e. The van der Waals surface area contributed by atoms with Gasteiger partial charge in [0.2, 0.25) is 17.7 Å². The van der Waals surface area contributed by atoms with Gasteiger partial charge in [-0.05, 0) is 64.7 Å². The number of carbonyl (C=O) groups is 5. The van der Waals surface area contributed by atoms with Gasteiger partial charge in [0.15, 0.2) is 0 Å². The van der Waals surface area contributed by atoms with E-state index in [0.29, 0.717) is 24.0 Å². The molecule has 1 aromatic rings. The number of terminal acetylenes is 1. The van der Waals surface area contributed by atoms with E-state index in [2.05, 4.69) is 16.6 Å². The number of ether oxygens (including phenoxy) is 2. The normalized spacial score (nSPS) is 14.2. The van der Waals surface area contributed by atoms with E-state index in [4.69, 9.17) is 21.6 Å². The van der Waals surface area contributed by atoms with Crippen LogP contribution in [0.4, 0.5) is 4.79 Å². The van der Waals surface area contributed by atoms with Gasteiger partial charge in [-0.15, -0.1) is 6.42 Å². The second-order valence-electron chi connectivity index (χ2n) is 10.2. The highest BCUT2D eigenvalue weighted by Gasteiger charge is 2.44. The lowest BCUT2D eigenvalue weighted by Gasteiger charge is -2.34. The van der Waals surface area contributed by atoms with Crippen molar-refractivity contribution in [1.29, 1.82) is 0 Å². The minimum absolute atomic E-state index is 0.00453. The van der Waals surface area contributed by atoms with Gasteiger partial charge in [0, 0.05) is 24.6 Å². The van der Waals surface area contributed by atoms with Crippen molar-refractivity contribution < 1.29 is 33.4 Å². The molecule has 39 heavy (non-hydrogen) atoms. The molecular formula is C28H38N4O7.